The molecular formula is C39H38N4O5. The predicted molar refractivity (Wildman–Crippen MR) is 185 cm³/mol. The maximum Gasteiger partial charge on any atom is 0.325 e. The summed E-state index contributed by atoms with van der Waals surface area (Å²) in [4.78, 5) is 35.5. The Hall–Kier alpha value is -5.51. The summed E-state index contributed by atoms with van der Waals surface area (Å²) in [5, 5.41) is 26.8. The molecule has 2 heterocycles. The van der Waals surface area contributed by atoms with Crippen LogP contribution >= 0.6 is 0 Å². The first-order valence-electron chi connectivity index (χ1n) is 15.9. The Morgan fingerprint density at radius 1 is 0.750 bits per heavy atom. The van der Waals surface area contributed by atoms with Crippen molar-refractivity contribution in [1.82, 2.24) is 9.88 Å². The Kier molecular flexibility index (Phi) is 10.1. The van der Waals surface area contributed by atoms with Gasteiger partial charge in [0.15, 0.2) is 0 Å². The number of pyridine rings is 1. The molecule has 48 heavy (non-hydrogen) atoms. The fourth-order valence-electron chi connectivity index (χ4n) is 6.25. The van der Waals surface area contributed by atoms with E-state index in [0.717, 1.165) is 11.1 Å². The molecule has 0 aliphatic carbocycles. The van der Waals surface area contributed by atoms with Crippen molar-refractivity contribution in [2.24, 2.45) is 0 Å². The van der Waals surface area contributed by atoms with Gasteiger partial charge in [0.1, 0.15) is 23.8 Å². The van der Waals surface area contributed by atoms with E-state index in [2.05, 4.69) is 10.3 Å². The summed E-state index contributed by atoms with van der Waals surface area (Å²) < 4.78 is 5.51. The number of anilines is 2. The molecule has 6 rings (SSSR count). The summed E-state index contributed by atoms with van der Waals surface area (Å²) in [6, 6.07) is 36.7. The number of hydrogen-bond donors (Lipinski definition) is 3. The van der Waals surface area contributed by atoms with Gasteiger partial charge in [-0.05, 0) is 65.9 Å². The van der Waals surface area contributed by atoms with Crippen molar-refractivity contribution in [2.75, 3.05) is 17.3 Å². The number of amides is 3. The second-order valence-electron chi connectivity index (χ2n) is 11.8. The number of carbonyl (C=O) groups is 2. The van der Waals surface area contributed by atoms with Crippen molar-refractivity contribution in [3.8, 4) is 5.75 Å². The number of nitrogens with one attached hydrogen (secondary N) is 1. The number of aromatic nitrogens is 1. The van der Waals surface area contributed by atoms with Crippen LogP contribution in [0.25, 0.3) is 0 Å². The van der Waals surface area contributed by atoms with Gasteiger partial charge in [-0.15, -0.1) is 0 Å². The van der Waals surface area contributed by atoms with Crippen molar-refractivity contribution in [3.63, 3.8) is 0 Å². The molecule has 4 atom stereocenters. The van der Waals surface area contributed by atoms with E-state index < -0.39 is 24.3 Å². The number of methoxy groups -OCH3 is 1. The van der Waals surface area contributed by atoms with E-state index >= 15 is 4.79 Å². The number of ether oxygens (including phenoxy) is 1. The van der Waals surface area contributed by atoms with Crippen LogP contribution in [0.3, 0.4) is 0 Å². The van der Waals surface area contributed by atoms with E-state index in [4.69, 9.17) is 4.74 Å². The van der Waals surface area contributed by atoms with Gasteiger partial charge in [-0.25, -0.2) is 9.78 Å². The summed E-state index contributed by atoms with van der Waals surface area (Å²) in [5.74, 6) is 0.640. The van der Waals surface area contributed by atoms with Crippen LogP contribution in [0, 0.1) is 0 Å². The highest BCUT2D eigenvalue weighted by atomic mass is 16.5. The topological polar surface area (TPSA) is 115 Å². The lowest BCUT2D eigenvalue weighted by Crippen LogP contribution is -2.51. The zero-order valence-corrected chi connectivity index (χ0v) is 26.6. The average molecular weight is 643 g/mol. The molecule has 1 aliphatic heterocycles. The van der Waals surface area contributed by atoms with Gasteiger partial charge in [-0.2, -0.15) is 0 Å². The minimum Gasteiger partial charge on any atom is -0.497 e. The normalized spacial score (nSPS) is 19.4. The minimum absolute atomic E-state index is 0.0728. The SMILES string of the molecule is COc1cccc(N2C(=O)N(Cc3cccc(C(=O)Nc4ccccn4)c3)[C@H](Cc3ccccc3)[C@H](O)[C@@H](O)[C@H]2Cc2ccccc2)c1. The zero-order valence-electron chi connectivity index (χ0n) is 26.6. The number of nitrogens with zero attached hydrogens (tertiary/aromatic N) is 3. The summed E-state index contributed by atoms with van der Waals surface area (Å²) in [6.45, 7) is 0.0728. The first-order valence-corrected chi connectivity index (χ1v) is 15.9. The fraction of sp³-hybridized carbons (Fsp3) is 0.205. The molecule has 9 nitrogen and oxygen atoms in total. The molecule has 9 heteroatoms. The lowest BCUT2D eigenvalue weighted by atomic mass is 9.90. The van der Waals surface area contributed by atoms with Gasteiger partial charge in [-0.1, -0.05) is 84.9 Å². The van der Waals surface area contributed by atoms with Gasteiger partial charge < -0.3 is 25.2 Å². The number of hydrogen-bond acceptors (Lipinski definition) is 6. The van der Waals surface area contributed by atoms with E-state index in [9.17, 15) is 15.0 Å². The van der Waals surface area contributed by atoms with Crippen molar-refractivity contribution in [1.29, 1.82) is 0 Å². The second kappa shape index (κ2) is 14.9. The minimum atomic E-state index is -1.30. The monoisotopic (exact) mass is 642 g/mol. The molecule has 0 spiro atoms. The quantitative estimate of drug-likeness (QED) is 0.179. The van der Waals surface area contributed by atoms with Crippen LogP contribution in [0.2, 0.25) is 0 Å². The zero-order chi connectivity index (χ0) is 33.5. The number of aliphatic hydroxyl groups is 2. The molecule has 1 saturated heterocycles. The average Bonchev–Trinajstić information content (AvgIpc) is 3.19. The van der Waals surface area contributed by atoms with Crippen molar-refractivity contribution in [2.45, 2.75) is 43.7 Å². The second-order valence-corrected chi connectivity index (χ2v) is 11.8. The molecule has 0 bridgehead atoms. The van der Waals surface area contributed by atoms with Gasteiger partial charge in [-0.3, -0.25) is 9.69 Å². The number of carbonyl (C=O) groups excluding carboxylic acids is 2. The Morgan fingerprint density at radius 3 is 2.04 bits per heavy atom. The Bertz CT molecular complexity index is 1820. The molecule has 0 saturated carbocycles. The Balaban J connectivity index is 1.42. The van der Waals surface area contributed by atoms with Crippen LogP contribution < -0.4 is 15.0 Å². The van der Waals surface area contributed by atoms with Crippen molar-refractivity contribution in [3.05, 3.63) is 156 Å². The standard InChI is InChI=1S/C39H38N4O5/c1-48-32-19-11-18-31(25-32)43-34(24-28-14-6-3-7-15-28)37(45)36(44)33(23-27-12-4-2-5-13-27)42(39(43)47)26-29-16-10-17-30(22-29)38(46)41-35-20-8-9-21-40-35/h2-22,25,33-34,36-37,44-45H,23-24,26H2,1H3,(H,40,41,46)/t33-,34-,36+,37+/m1/s1. The molecule has 0 unspecified atom stereocenters. The van der Waals surface area contributed by atoms with E-state index in [-0.39, 0.29) is 18.5 Å². The molecule has 3 N–H and O–H groups in total. The van der Waals surface area contributed by atoms with Gasteiger partial charge in [0.05, 0.1) is 19.2 Å². The lowest BCUT2D eigenvalue weighted by Gasteiger charge is -2.36. The maximum atomic E-state index is 15.0. The number of aliphatic hydroxyl groups excluding tert-OH is 2. The van der Waals surface area contributed by atoms with Crippen LogP contribution in [-0.4, -0.2) is 63.4 Å². The molecule has 3 amide bonds. The van der Waals surface area contributed by atoms with Crippen LogP contribution in [0.4, 0.5) is 16.3 Å². The summed E-state index contributed by atoms with van der Waals surface area (Å²) in [7, 11) is 1.56. The van der Waals surface area contributed by atoms with E-state index in [1.54, 1.807) is 83.8 Å². The molecule has 244 valence electrons. The Morgan fingerprint density at radius 2 is 1.38 bits per heavy atom. The van der Waals surface area contributed by atoms with Crippen molar-refractivity contribution >= 4 is 23.4 Å². The largest absolute Gasteiger partial charge is 0.497 e. The van der Waals surface area contributed by atoms with E-state index in [1.807, 2.05) is 66.7 Å². The van der Waals surface area contributed by atoms with E-state index in [1.165, 1.54) is 0 Å². The highest BCUT2D eigenvalue weighted by Crippen LogP contribution is 2.33. The molecular weight excluding hydrogens is 604 g/mol. The van der Waals surface area contributed by atoms with Crippen LogP contribution in [-0.2, 0) is 19.4 Å². The molecule has 5 aromatic rings. The molecule has 1 fully saturated rings. The lowest BCUT2D eigenvalue weighted by molar-refractivity contribution is -0.0291. The summed E-state index contributed by atoms with van der Waals surface area (Å²) in [5.41, 5.74) is 3.43. The molecule has 0 radical (unpaired) electrons. The van der Waals surface area contributed by atoms with Gasteiger partial charge in [0, 0.05) is 30.1 Å². The molecule has 4 aromatic carbocycles. The molecule has 1 aromatic heterocycles. The van der Waals surface area contributed by atoms with Gasteiger partial charge in [0.25, 0.3) is 5.91 Å². The predicted octanol–water partition coefficient (Wildman–Crippen LogP) is 5.73. The van der Waals surface area contributed by atoms with Gasteiger partial charge >= 0.3 is 6.03 Å². The fourth-order valence-corrected chi connectivity index (χ4v) is 6.25. The third kappa shape index (κ3) is 7.38. The highest BCUT2D eigenvalue weighted by Gasteiger charge is 2.47. The van der Waals surface area contributed by atoms with Crippen LogP contribution in [0.1, 0.15) is 27.0 Å². The highest BCUT2D eigenvalue weighted by molar-refractivity contribution is 6.03. The van der Waals surface area contributed by atoms with Crippen LogP contribution in [0.5, 0.6) is 5.75 Å². The first-order chi connectivity index (χ1) is 23.4. The number of urea groups is 1. The number of benzene rings is 4. The molecule has 1 aliphatic rings. The smallest absolute Gasteiger partial charge is 0.325 e. The summed E-state index contributed by atoms with van der Waals surface area (Å²) >= 11 is 0. The van der Waals surface area contributed by atoms with Crippen molar-refractivity contribution < 1.29 is 24.5 Å². The first kappa shape index (κ1) is 32.4. The summed E-state index contributed by atoms with van der Waals surface area (Å²) in [6.07, 6.45) is -0.391. The van der Waals surface area contributed by atoms with Crippen LogP contribution in [0.15, 0.2) is 134 Å². The maximum absolute atomic E-state index is 15.0. The van der Waals surface area contributed by atoms with E-state index in [0.29, 0.717) is 41.2 Å². The third-order valence-electron chi connectivity index (χ3n) is 8.68. The Labute approximate surface area is 280 Å². The number of rotatable bonds is 10. The van der Waals surface area contributed by atoms with Gasteiger partial charge in [0.2, 0.25) is 0 Å². The third-order valence-corrected chi connectivity index (χ3v) is 8.68.